The second-order valence-electron chi connectivity index (χ2n) is 4.64. The zero-order valence-corrected chi connectivity index (χ0v) is 12.9. The Morgan fingerprint density at radius 2 is 2.15 bits per heavy atom. The normalized spacial score (nSPS) is 16.6. The van der Waals surface area contributed by atoms with Gasteiger partial charge in [-0.05, 0) is 24.3 Å². The molecule has 1 unspecified atom stereocenters. The van der Waals surface area contributed by atoms with Crippen molar-refractivity contribution in [2.24, 2.45) is 5.73 Å². The van der Waals surface area contributed by atoms with E-state index >= 15 is 0 Å². The van der Waals surface area contributed by atoms with Crippen LogP contribution in [-0.4, -0.2) is 6.61 Å². The summed E-state index contributed by atoms with van der Waals surface area (Å²) in [4.78, 5) is 0. The average Bonchev–Trinajstić information content (AvgIpc) is 2.79. The Labute approximate surface area is 130 Å². The first-order valence-electron chi connectivity index (χ1n) is 6.22. The molecule has 20 heavy (non-hydrogen) atoms. The van der Waals surface area contributed by atoms with Crippen LogP contribution in [0.1, 0.15) is 17.2 Å². The zero-order chi connectivity index (χ0) is 14.1. The molecule has 0 saturated heterocycles. The van der Waals surface area contributed by atoms with E-state index in [4.69, 9.17) is 26.8 Å². The first kappa shape index (κ1) is 13.7. The van der Waals surface area contributed by atoms with Crippen LogP contribution >= 0.6 is 27.5 Å². The summed E-state index contributed by atoms with van der Waals surface area (Å²) in [5.41, 5.74) is 7.87. The second-order valence-corrected chi connectivity index (χ2v) is 5.96. The van der Waals surface area contributed by atoms with Gasteiger partial charge in [0.15, 0.2) is 0 Å². The van der Waals surface area contributed by atoms with Gasteiger partial charge in [0, 0.05) is 26.7 Å². The Morgan fingerprint density at radius 1 is 1.30 bits per heavy atom. The molecular formula is C15H13BrClNO2. The molecule has 3 nitrogen and oxygen atoms in total. The van der Waals surface area contributed by atoms with Crippen LogP contribution in [-0.2, 0) is 6.61 Å². The van der Waals surface area contributed by atoms with E-state index in [0.29, 0.717) is 18.2 Å². The maximum Gasteiger partial charge on any atom is 0.127 e. The summed E-state index contributed by atoms with van der Waals surface area (Å²) in [6.45, 7) is 0.939. The average molecular weight is 355 g/mol. The van der Waals surface area contributed by atoms with Crippen LogP contribution < -0.4 is 15.2 Å². The minimum Gasteiger partial charge on any atom is -0.491 e. The van der Waals surface area contributed by atoms with Crippen LogP contribution in [0.5, 0.6) is 11.5 Å². The molecule has 3 rings (SSSR count). The molecule has 0 fully saturated rings. The maximum atomic E-state index is 6.16. The van der Waals surface area contributed by atoms with Crippen LogP contribution in [0.3, 0.4) is 0 Å². The molecule has 104 valence electrons. The molecule has 2 N–H and O–H groups in total. The lowest BCUT2D eigenvalue weighted by Crippen LogP contribution is -2.10. The summed E-state index contributed by atoms with van der Waals surface area (Å²) in [7, 11) is 0. The van der Waals surface area contributed by atoms with Crippen LogP contribution in [0.25, 0.3) is 0 Å². The number of hydrogen-bond acceptors (Lipinski definition) is 3. The number of halogens is 2. The minimum absolute atomic E-state index is 0.0417. The van der Waals surface area contributed by atoms with Gasteiger partial charge in [-0.2, -0.15) is 0 Å². The van der Waals surface area contributed by atoms with Gasteiger partial charge in [0.2, 0.25) is 0 Å². The summed E-state index contributed by atoms with van der Waals surface area (Å²) in [5.74, 6) is 1.55. The monoisotopic (exact) mass is 353 g/mol. The highest BCUT2D eigenvalue weighted by Crippen LogP contribution is 2.34. The molecular weight excluding hydrogens is 342 g/mol. The lowest BCUT2D eigenvalue weighted by Gasteiger charge is -2.09. The SMILES string of the molecule is NC1COc2cc(OCc3ccc(Br)cc3Cl)ccc21. The molecule has 1 aliphatic heterocycles. The van der Waals surface area contributed by atoms with Gasteiger partial charge in [-0.15, -0.1) is 0 Å². The summed E-state index contributed by atoms with van der Waals surface area (Å²) in [5, 5.41) is 0.679. The highest BCUT2D eigenvalue weighted by Gasteiger charge is 2.20. The summed E-state index contributed by atoms with van der Waals surface area (Å²) in [6.07, 6.45) is 0. The summed E-state index contributed by atoms with van der Waals surface area (Å²) in [6, 6.07) is 11.4. The third-order valence-corrected chi connectivity index (χ3v) is 4.06. The second kappa shape index (κ2) is 5.64. The molecule has 0 spiro atoms. The standard InChI is InChI=1S/C15H13BrClNO2/c16-10-2-1-9(13(17)5-10)7-19-11-3-4-12-14(18)8-20-15(12)6-11/h1-6,14H,7-8,18H2. The van der Waals surface area contributed by atoms with E-state index in [1.54, 1.807) is 0 Å². The molecule has 1 atom stereocenters. The van der Waals surface area contributed by atoms with E-state index in [1.807, 2.05) is 36.4 Å². The van der Waals surface area contributed by atoms with Crippen molar-refractivity contribution in [1.29, 1.82) is 0 Å². The Morgan fingerprint density at radius 3 is 2.95 bits per heavy atom. The van der Waals surface area contributed by atoms with E-state index in [1.165, 1.54) is 0 Å². The molecule has 0 bridgehead atoms. The molecule has 2 aromatic carbocycles. The quantitative estimate of drug-likeness (QED) is 0.903. The topological polar surface area (TPSA) is 44.5 Å². The zero-order valence-electron chi connectivity index (χ0n) is 10.6. The molecule has 0 amide bonds. The number of rotatable bonds is 3. The Kier molecular flexibility index (Phi) is 3.87. The molecule has 5 heteroatoms. The van der Waals surface area contributed by atoms with Crippen molar-refractivity contribution in [3.8, 4) is 11.5 Å². The van der Waals surface area contributed by atoms with Gasteiger partial charge in [-0.1, -0.05) is 33.6 Å². The van der Waals surface area contributed by atoms with Gasteiger partial charge < -0.3 is 15.2 Å². The molecule has 0 aliphatic carbocycles. The van der Waals surface area contributed by atoms with Gasteiger partial charge in [0.25, 0.3) is 0 Å². The summed E-state index contributed by atoms with van der Waals surface area (Å²) >= 11 is 9.54. The van der Waals surface area contributed by atoms with Crippen LogP contribution in [0.4, 0.5) is 0 Å². The molecule has 0 radical (unpaired) electrons. The van der Waals surface area contributed by atoms with Gasteiger partial charge in [-0.3, -0.25) is 0 Å². The van der Waals surface area contributed by atoms with E-state index in [2.05, 4.69) is 15.9 Å². The summed E-state index contributed by atoms with van der Waals surface area (Å²) < 4.78 is 12.2. The minimum atomic E-state index is -0.0417. The van der Waals surface area contributed by atoms with Crippen molar-refractivity contribution in [3.63, 3.8) is 0 Å². The third kappa shape index (κ3) is 2.77. The van der Waals surface area contributed by atoms with Crippen molar-refractivity contribution in [1.82, 2.24) is 0 Å². The lowest BCUT2D eigenvalue weighted by molar-refractivity contribution is 0.301. The molecule has 1 heterocycles. The number of ether oxygens (including phenoxy) is 2. The number of fused-ring (bicyclic) bond motifs is 1. The van der Waals surface area contributed by atoms with Crippen molar-refractivity contribution in [3.05, 3.63) is 57.0 Å². The Balaban J connectivity index is 1.73. The molecule has 0 aromatic heterocycles. The Hall–Kier alpha value is -1.23. The van der Waals surface area contributed by atoms with Crippen molar-refractivity contribution < 1.29 is 9.47 Å². The van der Waals surface area contributed by atoms with Crippen molar-refractivity contribution >= 4 is 27.5 Å². The maximum absolute atomic E-state index is 6.16. The smallest absolute Gasteiger partial charge is 0.127 e. The fourth-order valence-corrected chi connectivity index (χ4v) is 2.83. The van der Waals surface area contributed by atoms with E-state index < -0.39 is 0 Å². The van der Waals surface area contributed by atoms with E-state index in [9.17, 15) is 0 Å². The van der Waals surface area contributed by atoms with E-state index in [0.717, 1.165) is 27.1 Å². The van der Waals surface area contributed by atoms with Crippen LogP contribution in [0.2, 0.25) is 5.02 Å². The highest BCUT2D eigenvalue weighted by molar-refractivity contribution is 9.10. The lowest BCUT2D eigenvalue weighted by atomic mass is 10.1. The van der Waals surface area contributed by atoms with Gasteiger partial charge in [0.1, 0.15) is 24.7 Å². The van der Waals surface area contributed by atoms with Crippen LogP contribution in [0, 0.1) is 0 Å². The first-order chi connectivity index (χ1) is 9.63. The highest BCUT2D eigenvalue weighted by atomic mass is 79.9. The fraction of sp³-hybridized carbons (Fsp3) is 0.200. The van der Waals surface area contributed by atoms with Gasteiger partial charge in [0.05, 0.1) is 6.04 Å². The predicted molar refractivity (Wildman–Crippen MR) is 82.3 cm³/mol. The van der Waals surface area contributed by atoms with Gasteiger partial charge >= 0.3 is 0 Å². The molecule has 1 aliphatic rings. The molecule has 2 aromatic rings. The number of benzene rings is 2. The van der Waals surface area contributed by atoms with Crippen molar-refractivity contribution in [2.75, 3.05) is 6.61 Å². The third-order valence-electron chi connectivity index (χ3n) is 3.21. The van der Waals surface area contributed by atoms with Crippen LogP contribution in [0.15, 0.2) is 40.9 Å². The number of hydrogen-bond donors (Lipinski definition) is 1. The number of nitrogens with two attached hydrogens (primary N) is 1. The van der Waals surface area contributed by atoms with Crippen molar-refractivity contribution in [2.45, 2.75) is 12.6 Å². The van der Waals surface area contributed by atoms with Gasteiger partial charge in [-0.25, -0.2) is 0 Å². The molecule has 0 saturated carbocycles. The Bertz CT molecular complexity index is 648. The van der Waals surface area contributed by atoms with E-state index in [-0.39, 0.29) is 6.04 Å². The predicted octanol–water partition coefficient (Wildman–Crippen LogP) is 4.07. The fourth-order valence-electron chi connectivity index (χ4n) is 2.10. The largest absolute Gasteiger partial charge is 0.491 e. The first-order valence-corrected chi connectivity index (χ1v) is 7.39.